The zero-order valence-corrected chi connectivity index (χ0v) is 15.2. The fraction of sp³-hybridized carbons (Fsp3) is 0.286. The maximum Gasteiger partial charge on any atom is 0.310 e. The molecular weight excluding hydrogens is 344 g/mol. The highest BCUT2D eigenvalue weighted by Crippen LogP contribution is 2.38. The van der Waals surface area contributed by atoms with E-state index in [9.17, 15) is 14.4 Å². The maximum atomic E-state index is 12.5. The van der Waals surface area contributed by atoms with Crippen LogP contribution in [-0.4, -0.2) is 22.9 Å². The van der Waals surface area contributed by atoms with Gasteiger partial charge in [0.25, 0.3) is 5.91 Å². The van der Waals surface area contributed by atoms with E-state index in [1.165, 1.54) is 0 Å². The molecule has 1 fully saturated rings. The van der Waals surface area contributed by atoms with E-state index in [0.29, 0.717) is 28.4 Å². The van der Waals surface area contributed by atoms with E-state index in [1.807, 2.05) is 6.92 Å². The number of carboxylic acids is 1. The lowest BCUT2D eigenvalue weighted by Gasteiger charge is -2.11. The molecule has 27 heavy (non-hydrogen) atoms. The van der Waals surface area contributed by atoms with Crippen molar-refractivity contribution in [1.82, 2.24) is 0 Å². The second-order valence-electron chi connectivity index (χ2n) is 7.03. The molecule has 6 heteroatoms. The van der Waals surface area contributed by atoms with E-state index >= 15 is 0 Å². The van der Waals surface area contributed by atoms with Gasteiger partial charge < -0.3 is 15.7 Å². The van der Waals surface area contributed by atoms with Gasteiger partial charge in [0.15, 0.2) is 0 Å². The Morgan fingerprint density at radius 2 is 1.67 bits per heavy atom. The number of amides is 2. The summed E-state index contributed by atoms with van der Waals surface area (Å²) in [5, 5.41) is 14.7. The minimum absolute atomic E-state index is 0.0181. The Bertz CT molecular complexity index is 893. The van der Waals surface area contributed by atoms with Crippen molar-refractivity contribution < 1.29 is 19.5 Å². The summed E-state index contributed by atoms with van der Waals surface area (Å²) < 4.78 is 0. The second-order valence-corrected chi connectivity index (χ2v) is 7.03. The number of hydrogen-bond acceptors (Lipinski definition) is 3. The van der Waals surface area contributed by atoms with Crippen LogP contribution in [-0.2, 0) is 9.59 Å². The van der Waals surface area contributed by atoms with Crippen LogP contribution in [0.25, 0.3) is 0 Å². The van der Waals surface area contributed by atoms with Crippen LogP contribution in [0.1, 0.15) is 42.1 Å². The molecule has 140 valence electrons. The van der Waals surface area contributed by atoms with Crippen molar-refractivity contribution in [3.8, 4) is 0 Å². The SMILES string of the molecule is CC(C(=O)O)c1cccc(NC(=O)c2cccc(NC(=O)C3CC3C)c2)c1. The number of carbonyl (C=O) groups is 3. The Hall–Kier alpha value is -3.15. The van der Waals surface area contributed by atoms with Crippen LogP contribution in [0.5, 0.6) is 0 Å². The first-order valence-corrected chi connectivity index (χ1v) is 8.90. The fourth-order valence-electron chi connectivity index (χ4n) is 2.89. The summed E-state index contributed by atoms with van der Waals surface area (Å²) in [6, 6.07) is 13.5. The number of rotatable bonds is 6. The van der Waals surface area contributed by atoms with Crippen LogP contribution in [0, 0.1) is 11.8 Å². The summed E-state index contributed by atoms with van der Waals surface area (Å²) in [7, 11) is 0. The van der Waals surface area contributed by atoms with Crippen molar-refractivity contribution in [2.75, 3.05) is 10.6 Å². The van der Waals surface area contributed by atoms with Gasteiger partial charge in [-0.05, 0) is 55.2 Å². The number of hydrogen-bond donors (Lipinski definition) is 3. The Balaban J connectivity index is 1.69. The monoisotopic (exact) mass is 366 g/mol. The first-order chi connectivity index (χ1) is 12.8. The standard InChI is InChI=1S/C21H22N2O4/c1-12-9-18(12)20(25)23-17-8-4-6-15(11-17)19(24)22-16-7-3-5-14(10-16)13(2)21(26)27/h3-8,10-13,18H,9H2,1-2H3,(H,22,24)(H,23,25)(H,26,27). The van der Waals surface area contributed by atoms with Crippen LogP contribution in [0.3, 0.4) is 0 Å². The zero-order valence-electron chi connectivity index (χ0n) is 15.2. The Kier molecular flexibility index (Phi) is 5.26. The van der Waals surface area contributed by atoms with Gasteiger partial charge in [-0.25, -0.2) is 0 Å². The third-order valence-corrected chi connectivity index (χ3v) is 4.85. The molecule has 1 saturated carbocycles. The molecule has 0 saturated heterocycles. The molecule has 0 bridgehead atoms. The van der Waals surface area contributed by atoms with Gasteiger partial charge in [-0.1, -0.05) is 25.1 Å². The lowest BCUT2D eigenvalue weighted by Crippen LogP contribution is -2.16. The van der Waals surface area contributed by atoms with E-state index in [1.54, 1.807) is 55.5 Å². The number of nitrogens with one attached hydrogen (secondary N) is 2. The van der Waals surface area contributed by atoms with Crippen molar-refractivity contribution in [3.63, 3.8) is 0 Å². The molecule has 2 aromatic carbocycles. The van der Waals surface area contributed by atoms with Crippen LogP contribution in [0.2, 0.25) is 0 Å². The molecule has 3 rings (SSSR count). The first kappa shape index (κ1) is 18.6. The number of anilines is 2. The van der Waals surface area contributed by atoms with Gasteiger partial charge in [0, 0.05) is 22.9 Å². The average molecular weight is 366 g/mol. The van der Waals surface area contributed by atoms with Crippen LogP contribution < -0.4 is 10.6 Å². The summed E-state index contributed by atoms with van der Waals surface area (Å²) >= 11 is 0. The minimum atomic E-state index is -0.924. The predicted molar refractivity (Wildman–Crippen MR) is 103 cm³/mol. The molecule has 3 N–H and O–H groups in total. The number of aliphatic carboxylic acids is 1. The molecule has 0 aliphatic heterocycles. The highest BCUT2D eigenvalue weighted by Gasteiger charge is 2.39. The van der Waals surface area contributed by atoms with Crippen molar-refractivity contribution in [2.45, 2.75) is 26.2 Å². The molecule has 0 radical (unpaired) electrons. The molecule has 0 spiro atoms. The summed E-state index contributed by atoms with van der Waals surface area (Å²) in [6.45, 7) is 3.63. The van der Waals surface area contributed by atoms with Crippen molar-refractivity contribution >= 4 is 29.2 Å². The predicted octanol–water partition coefficient (Wildman–Crippen LogP) is 3.72. The van der Waals surface area contributed by atoms with Gasteiger partial charge in [-0.15, -0.1) is 0 Å². The fourth-order valence-corrected chi connectivity index (χ4v) is 2.89. The van der Waals surface area contributed by atoms with E-state index < -0.39 is 11.9 Å². The molecule has 1 aliphatic rings. The maximum absolute atomic E-state index is 12.5. The van der Waals surface area contributed by atoms with Gasteiger partial charge in [-0.3, -0.25) is 14.4 Å². The van der Waals surface area contributed by atoms with Crippen molar-refractivity contribution in [1.29, 1.82) is 0 Å². The lowest BCUT2D eigenvalue weighted by atomic mass is 10.0. The van der Waals surface area contributed by atoms with Crippen LogP contribution >= 0.6 is 0 Å². The third kappa shape index (κ3) is 4.53. The van der Waals surface area contributed by atoms with Gasteiger partial charge in [0.1, 0.15) is 0 Å². The van der Waals surface area contributed by atoms with Gasteiger partial charge in [0.2, 0.25) is 5.91 Å². The van der Waals surface area contributed by atoms with E-state index in [-0.39, 0.29) is 17.7 Å². The summed E-state index contributed by atoms with van der Waals surface area (Å²) in [5.41, 5.74) is 2.13. The van der Waals surface area contributed by atoms with E-state index in [0.717, 1.165) is 6.42 Å². The topological polar surface area (TPSA) is 95.5 Å². The number of carbonyl (C=O) groups excluding carboxylic acids is 2. The van der Waals surface area contributed by atoms with E-state index in [4.69, 9.17) is 5.11 Å². The third-order valence-electron chi connectivity index (χ3n) is 4.85. The molecule has 1 aliphatic carbocycles. The molecule has 3 atom stereocenters. The number of carboxylic acid groups (broad SMARTS) is 1. The van der Waals surface area contributed by atoms with Crippen LogP contribution in [0.4, 0.5) is 11.4 Å². The van der Waals surface area contributed by atoms with Crippen molar-refractivity contribution in [2.24, 2.45) is 11.8 Å². The Morgan fingerprint density at radius 3 is 2.30 bits per heavy atom. The number of benzene rings is 2. The summed E-state index contributed by atoms with van der Waals surface area (Å²) in [5.74, 6) is -1.46. The molecule has 2 amide bonds. The van der Waals surface area contributed by atoms with Gasteiger partial charge in [-0.2, -0.15) is 0 Å². The molecule has 0 aromatic heterocycles. The second kappa shape index (κ2) is 7.61. The molecule has 6 nitrogen and oxygen atoms in total. The summed E-state index contributed by atoms with van der Waals surface area (Å²) in [6.07, 6.45) is 0.900. The van der Waals surface area contributed by atoms with Crippen LogP contribution in [0.15, 0.2) is 48.5 Å². The smallest absolute Gasteiger partial charge is 0.310 e. The van der Waals surface area contributed by atoms with Crippen molar-refractivity contribution in [3.05, 3.63) is 59.7 Å². The average Bonchev–Trinajstić information content (AvgIpc) is 3.38. The molecule has 3 unspecified atom stereocenters. The quantitative estimate of drug-likeness (QED) is 0.726. The zero-order chi connectivity index (χ0) is 19.6. The minimum Gasteiger partial charge on any atom is -0.481 e. The summed E-state index contributed by atoms with van der Waals surface area (Å²) in [4.78, 5) is 35.7. The molecular formula is C21H22N2O4. The largest absolute Gasteiger partial charge is 0.481 e. The van der Waals surface area contributed by atoms with E-state index in [2.05, 4.69) is 10.6 Å². The highest BCUT2D eigenvalue weighted by molar-refractivity contribution is 6.05. The molecule has 0 heterocycles. The highest BCUT2D eigenvalue weighted by atomic mass is 16.4. The lowest BCUT2D eigenvalue weighted by molar-refractivity contribution is -0.138. The first-order valence-electron chi connectivity index (χ1n) is 8.90. The Morgan fingerprint density at radius 1 is 1.04 bits per heavy atom. The van der Waals surface area contributed by atoms with Gasteiger partial charge >= 0.3 is 5.97 Å². The Labute approximate surface area is 157 Å². The molecule has 2 aromatic rings. The van der Waals surface area contributed by atoms with Gasteiger partial charge in [0.05, 0.1) is 5.92 Å². The normalized spacial score (nSPS) is 19.0.